The van der Waals surface area contributed by atoms with Gasteiger partial charge in [0.15, 0.2) is 9.84 Å². The van der Waals surface area contributed by atoms with Gasteiger partial charge in [0.1, 0.15) is 0 Å². The van der Waals surface area contributed by atoms with Crippen LogP contribution in [0.4, 0.5) is 0 Å². The van der Waals surface area contributed by atoms with Gasteiger partial charge in [-0.3, -0.25) is 4.79 Å². The number of carbonyl (C=O) groups excluding carboxylic acids is 1. The van der Waals surface area contributed by atoms with Crippen molar-refractivity contribution in [2.45, 2.75) is 18.2 Å². The number of nitrogens with one attached hydrogen (secondary N) is 2. The highest BCUT2D eigenvalue weighted by atomic mass is 35.5. The Labute approximate surface area is 137 Å². The molecule has 7 heteroatoms. The zero-order valence-corrected chi connectivity index (χ0v) is 14.1. The number of benzene rings is 1. The van der Waals surface area contributed by atoms with Crippen LogP contribution in [-0.4, -0.2) is 39.7 Å². The Morgan fingerprint density at radius 1 is 1.32 bits per heavy atom. The standard InChI is InChI=1S/C15H20N2O3S.ClH/c1-2-21(19,20)14-6-4-3-5-13(14)15(18)17-11-12-7-9-16-10-8-12;/h3-7,16H,2,8-11H2,1H3,(H,17,18);1H. The molecule has 2 N–H and O–H groups in total. The van der Waals surface area contributed by atoms with Gasteiger partial charge in [0.25, 0.3) is 5.91 Å². The van der Waals surface area contributed by atoms with E-state index >= 15 is 0 Å². The molecule has 5 nitrogen and oxygen atoms in total. The Kier molecular flexibility index (Phi) is 7.06. The molecule has 1 heterocycles. The van der Waals surface area contributed by atoms with Crippen LogP contribution in [0.25, 0.3) is 0 Å². The van der Waals surface area contributed by atoms with Crippen molar-refractivity contribution < 1.29 is 13.2 Å². The SMILES string of the molecule is CCS(=O)(=O)c1ccccc1C(=O)NCC1=CCNCC1.Cl. The fourth-order valence-electron chi connectivity index (χ4n) is 2.20. The summed E-state index contributed by atoms with van der Waals surface area (Å²) in [7, 11) is -3.40. The Hall–Kier alpha value is -1.37. The van der Waals surface area contributed by atoms with Crippen molar-refractivity contribution in [3.05, 3.63) is 41.5 Å². The Morgan fingerprint density at radius 2 is 2.05 bits per heavy atom. The molecule has 0 radical (unpaired) electrons. The molecule has 22 heavy (non-hydrogen) atoms. The molecule has 0 aromatic heterocycles. The van der Waals surface area contributed by atoms with E-state index in [1.165, 1.54) is 6.07 Å². The fraction of sp³-hybridized carbons (Fsp3) is 0.400. The van der Waals surface area contributed by atoms with Crippen molar-refractivity contribution in [3.63, 3.8) is 0 Å². The van der Waals surface area contributed by atoms with Crippen molar-refractivity contribution in [3.8, 4) is 0 Å². The van der Waals surface area contributed by atoms with Crippen LogP contribution in [0.2, 0.25) is 0 Å². The summed E-state index contributed by atoms with van der Waals surface area (Å²) in [6.45, 7) is 3.75. The normalized spacial score (nSPS) is 14.7. The number of sulfone groups is 1. The Balaban J connectivity index is 0.00000242. The molecule has 0 bridgehead atoms. The van der Waals surface area contributed by atoms with Gasteiger partial charge < -0.3 is 10.6 Å². The lowest BCUT2D eigenvalue weighted by Gasteiger charge is -2.15. The van der Waals surface area contributed by atoms with Gasteiger partial charge in [0.05, 0.1) is 16.2 Å². The molecule has 1 amide bonds. The van der Waals surface area contributed by atoms with Crippen molar-refractivity contribution >= 4 is 28.2 Å². The van der Waals surface area contributed by atoms with Crippen molar-refractivity contribution in [2.24, 2.45) is 0 Å². The van der Waals surface area contributed by atoms with Crippen molar-refractivity contribution in [2.75, 3.05) is 25.4 Å². The maximum Gasteiger partial charge on any atom is 0.252 e. The number of halogens is 1. The van der Waals surface area contributed by atoms with E-state index in [2.05, 4.69) is 16.7 Å². The van der Waals surface area contributed by atoms with Crippen molar-refractivity contribution in [1.82, 2.24) is 10.6 Å². The first-order chi connectivity index (χ1) is 10.0. The predicted octanol–water partition coefficient (Wildman–Crippen LogP) is 1.55. The van der Waals surface area contributed by atoms with E-state index in [1.807, 2.05) is 0 Å². The second-order valence-corrected chi connectivity index (χ2v) is 7.15. The third-order valence-electron chi connectivity index (χ3n) is 3.48. The van der Waals surface area contributed by atoms with E-state index in [0.717, 1.165) is 25.1 Å². The maximum atomic E-state index is 12.3. The summed E-state index contributed by atoms with van der Waals surface area (Å²) in [5.74, 6) is -0.365. The zero-order valence-electron chi connectivity index (χ0n) is 12.5. The Bertz CT molecular complexity index is 657. The van der Waals surface area contributed by atoms with E-state index < -0.39 is 9.84 Å². The van der Waals surface area contributed by atoms with Gasteiger partial charge in [0, 0.05) is 13.1 Å². The van der Waals surface area contributed by atoms with Gasteiger partial charge in [-0.05, 0) is 25.1 Å². The molecule has 2 rings (SSSR count). The number of hydrogen-bond acceptors (Lipinski definition) is 4. The fourth-order valence-corrected chi connectivity index (χ4v) is 3.29. The monoisotopic (exact) mass is 344 g/mol. The molecule has 0 spiro atoms. The summed E-state index contributed by atoms with van der Waals surface area (Å²) >= 11 is 0. The van der Waals surface area contributed by atoms with E-state index in [4.69, 9.17) is 0 Å². The molecule has 1 aromatic carbocycles. The molecule has 0 fully saturated rings. The van der Waals surface area contributed by atoms with Gasteiger partial charge >= 0.3 is 0 Å². The largest absolute Gasteiger partial charge is 0.348 e. The number of carbonyl (C=O) groups is 1. The van der Waals surface area contributed by atoms with Crippen LogP contribution < -0.4 is 10.6 Å². The smallest absolute Gasteiger partial charge is 0.252 e. The molecule has 0 saturated carbocycles. The predicted molar refractivity (Wildman–Crippen MR) is 89.3 cm³/mol. The van der Waals surface area contributed by atoms with E-state index in [9.17, 15) is 13.2 Å². The highest BCUT2D eigenvalue weighted by Crippen LogP contribution is 2.17. The molecule has 1 aliphatic heterocycles. The van der Waals surface area contributed by atoms with Crippen LogP contribution in [0.15, 0.2) is 40.8 Å². The summed E-state index contributed by atoms with van der Waals surface area (Å²) in [6, 6.07) is 6.34. The third-order valence-corrected chi connectivity index (χ3v) is 5.27. The first kappa shape index (κ1) is 18.7. The van der Waals surface area contributed by atoms with Crippen molar-refractivity contribution in [1.29, 1.82) is 0 Å². The molecular formula is C15H21ClN2O3S. The van der Waals surface area contributed by atoms with Crippen LogP contribution in [0, 0.1) is 0 Å². The average Bonchev–Trinajstić information content (AvgIpc) is 2.53. The highest BCUT2D eigenvalue weighted by molar-refractivity contribution is 7.91. The van der Waals surface area contributed by atoms with Crippen LogP contribution in [0.3, 0.4) is 0 Å². The number of amides is 1. The van der Waals surface area contributed by atoms with Gasteiger partial charge in [0.2, 0.25) is 0 Å². The summed E-state index contributed by atoms with van der Waals surface area (Å²) in [4.78, 5) is 12.4. The molecule has 0 aliphatic carbocycles. The first-order valence-corrected chi connectivity index (χ1v) is 8.68. The van der Waals surface area contributed by atoms with Gasteiger partial charge in [-0.2, -0.15) is 0 Å². The summed E-state index contributed by atoms with van der Waals surface area (Å²) in [5.41, 5.74) is 1.38. The molecular weight excluding hydrogens is 324 g/mol. The van der Waals surface area contributed by atoms with Gasteiger partial charge in [-0.1, -0.05) is 30.7 Å². The van der Waals surface area contributed by atoms with Crippen LogP contribution in [0.1, 0.15) is 23.7 Å². The molecule has 0 saturated heterocycles. The first-order valence-electron chi connectivity index (χ1n) is 7.03. The summed E-state index contributed by atoms with van der Waals surface area (Å²) < 4.78 is 24.1. The lowest BCUT2D eigenvalue weighted by atomic mass is 10.1. The Morgan fingerprint density at radius 3 is 2.68 bits per heavy atom. The minimum Gasteiger partial charge on any atom is -0.348 e. The third kappa shape index (κ3) is 4.56. The number of rotatable bonds is 5. The number of hydrogen-bond donors (Lipinski definition) is 2. The molecule has 0 atom stereocenters. The second-order valence-electron chi connectivity index (χ2n) is 4.90. The lowest BCUT2D eigenvalue weighted by Crippen LogP contribution is -2.30. The lowest BCUT2D eigenvalue weighted by molar-refractivity contribution is 0.0953. The van der Waals surface area contributed by atoms with Gasteiger partial charge in [-0.25, -0.2) is 8.42 Å². The summed E-state index contributed by atoms with van der Waals surface area (Å²) in [6.07, 6.45) is 2.95. The van der Waals surface area contributed by atoms with E-state index in [0.29, 0.717) is 6.54 Å². The zero-order chi connectivity index (χ0) is 15.3. The minimum atomic E-state index is -3.40. The summed E-state index contributed by atoms with van der Waals surface area (Å²) in [5, 5.41) is 6.01. The molecule has 0 unspecified atom stereocenters. The van der Waals surface area contributed by atoms with Crippen LogP contribution in [0.5, 0.6) is 0 Å². The average molecular weight is 345 g/mol. The van der Waals surface area contributed by atoms with Crippen LogP contribution in [-0.2, 0) is 9.84 Å². The molecule has 122 valence electrons. The maximum absolute atomic E-state index is 12.3. The van der Waals surface area contributed by atoms with Gasteiger partial charge in [-0.15, -0.1) is 12.4 Å². The topological polar surface area (TPSA) is 75.3 Å². The van der Waals surface area contributed by atoms with E-state index in [-0.39, 0.29) is 34.5 Å². The quantitative estimate of drug-likeness (QED) is 0.795. The van der Waals surface area contributed by atoms with E-state index in [1.54, 1.807) is 25.1 Å². The highest BCUT2D eigenvalue weighted by Gasteiger charge is 2.20. The second kappa shape index (κ2) is 8.31. The molecule has 1 aliphatic rings. The minimum absolute atomic E-state index is 0. The molecule has 1 aromatic rings. The van der Waals surface area contributed by atoms with Crippen LogP contribution >= 0.6 is 12.4 Å².